The average molecular weight is 298 g/mol. The fraction of sp³-hybridized carbons (Fsp3) is 0.733. The van der Waals surface area contributed by atoms with Crippen molar-refractivity contribution < 1.29 is 0 Å². The number of hydrogen-bond acceptors (Lipinski definition) is 3. The van der Waals surface area contributed by atoms with Gasteiger partial charge >= 0.3 is 0 Å². The summed E-state index contributed by atoms with van der Waals surface area (Å²) in [7, 11) is 0. The number of unbranched alkanes of at least 4 members (excludes halogenated alkanes) is 1. The van der Waals surface area contributed by atoms with Gasteiger partial charge in [-0.2, -0.15) is 5.10 Å². The van der Waals surface area contributed by atoms with Crippen molar-refractivity contribution in [3.8, 4) is 0 Å². The summed E-state index contributed by atoms with van der Waals surface area (Å²) >= 11 is 6.19. The fourth-order valence-corrected chi connectivity index (χ4v) is 2.86. The van der Waals surface area contributed by atoms with Crippen molar-refractivity contribution in [3.05, 3.63) is 21.6 Å². The van der Waals surface area contributed by atoms with E-state index in [2.05, 4.69) is 24.3 Å². The molecule has 1 N–H and O–H groups in total. The maximum absolute atomic E-state index is 12.1. The third-order valence-corrected chi connectivity index (χ3v) is 4.45. The number of hydrogen-bond donors (Lipinski definition) is 1. The zero-order valence-corrected chi connectivity index (χ0v) is 13.1. The van der Waals surface area contributed by atoms with Gasteiger partial charge in [-0.05, 0) is 38.0 Å². The van der Waals surface area contributed by atoms with Crippen LogP contribution in [0.2, 0.25) is 5.02 Å². The molecule has 5 heteroatoms. The second-order valence-corrected chi connectivity index (χ2v) is 6.23. The van der Waals surface area contributed by atoms with Crippen molar-refractivity contribution in [2.45, 2.75) is 65.0 Å². The largest absolute Gasteiger partial charge is 0.380 e. The molecule has 0 aliphatic heterocycles. The number of aryl methyl sites for hydroxylation is 1. The molecular formula is C15H24ClN3O. The minimum absolute atomic E-state index is 0.186. The van der Waals surface area contributed by atoms with E-state index in [1.54, 1.807) is 6.20 Å². The van der Waals surface area contributed by atoms with Crippen molar-refractivity contribution in [1.29, 1.82) is 0 Å². The first-order chi connectivity index (χ1) is 9.61. The van der Waals surface area contributed by atoms with Crippen LogP contribution in [0.1, 0.15) is 52.4 Å². The molecule has 2 rings (SSSR count). The Morgan fingerprint density at radius 3 is 2.75 bits per heavy atom. The van der Waals surface area contributed by atoms with Crippen LogP contribution in [0.4, 0.5) is 5.69 Å². The Balaban J connectivity index is 2.05. The molecule has 1 fully saturated rings. The molecule has 0 bridgehead atoms. The lowest BCUT2D eigenvalue weighted by Gasteiger charge is -2.27. The lowest BCUT2D eigenvalue weighted by Crippen LogP contribution is -2.29. The Labute approximate surface area is 125 Å². The van der Waals surface area contributed by atoms with Gasteiger partial charge in [0.15, 0.2) is 0 Å². The molecule has 1 aromatic heterocycles. The van der Waals surface area contributed by atoms with Gasteiger partial charge in [0.25, 0.3) is 5.56 Å². The van der Waals surface area contributed by atoms with Gasteiger partial charge in [-0.25, -0.2) is 4.68 Å². The van der Waals surface area contributed by atoms with E-state index in [9.17, 15) is 4.79 Å². The first kappa shape index (κ1) is 15.4. The summed E-state index contributed by atoms with van der Waals surface area (Å²) in [6, 6.07) is 0.413. The highest BCUT2D eigenvalue weighted by Gasteiger charge is 2.19. The van der Waals surface area contributed by atoms with E-state index in [-0.39, 0.29) is 10.6 Å². The van der Waals surface area contributed by atoms with E-state index in [0.717, 1.165) is 31.6 Å². The van der Waals surface area contributed by atoms with E-state index < -0.39 is 0 Å². The second kappa shape index (κ2) is 7.11. The topological polar surface area (TPSA) is 46.9 Å². The highest BCUT2D eigenvalue weighted by atomic mass is 35.5. The normalized spacial score (nSPS) is 22.8. The first-order valence-electron chi connectivity index (χ1n) is 7.64. The molecular weight excluding hydrogens is 274 g/mol. The summed E-state index contributed by atoms with van der Waals surface area (Å²) in [5, 5.41) is 7.87. The quantitative estimate of drug-likeness (QED) is 0.901. The summed E-state index contributed by atoms with van der Waals surface area (Å²) in [4.78, 5) is 12.1. The average Bonchev–Trinajstić information content (AvgIpc) is 2.45. The molecule has 0 radical (unpaired) electrons. The lowest BCUT2D eigenvalue weighted by molar-refractivity contribution is 0.361. The van der Waals surface area contributed by atoms with E-state index in [4.69, 9.17) is 11.6 Å². The van der Waals surface area contributed by atoms with Crippen molar-refractivity contribution in [1.82, 2.24) is 9.78 Å². The van der Waals surface area contributed by atoms with Gasteiger partial charge in [0.2, 0.25) is 0 Å². The summed E-state index contributed by atoms with van der Waals surface area (Å²) in [6.07, 6.45) is 8.40. The molecule has 1 aliphatic carbocycles. The summed E-state index contributed by atoms with van der Waals surface area (Å²) in [5.41, 5.74) is 0.498. The predicted molar refractivity (Wildman–Crippen MR) is 83.5 cm³/mol. The Morgan fingerprint density at radius 1 is 1.40 bits per heavy atom. The molecule has 20 heavy (non-hydrogen) atoms. The fourth-order valence-electron chi connectivity index (χ4n) is 2.66. The van der Waals surface area contributed by atoms with E-state index in [1.807, 2.05) is 0 Å². The van der Waals surface area contributed by atoms with Crippen LogP contribution in [0.15, 0.2) is 11.0 Å². The summed E-state index contributed by atoms with van der Waals surface area (Å²) in [6.45, 7) is 5.02. The second-order valence-electron chi connectivity index (χ2n) is 5.86. The van der Waals surface area contributed by atoms with Crippen LogP contribution in [-0.4, -0.2) is 15.8 Å². The van der Waals surface area contributed by atoms with Gasteiger partial charge in [-0.15, -0.1) is 0 Å². The molecule has 0 saturated heterocycles. The minimum atomic E-state index is -0.186. The Morgan fingerprint density at radius 2 is 2.10 bits per heavy atom. The molecule has 0 amide bonds. The number of aromatic nitrogens is 2. The summed E-state index contributed by atoms with van der Waals surface area (Å²) in [5.74, 6) is 0.809. The van der Waals surface area contributed by atoms with Gasteiger partial charge in [0, 0.05) is 12.6 Å². The molecule has 1 heterocycles. The molecule has 0 spiro atoms. The highest BCUT2D eigenvalue weighted by molar-refractivity contribution is 6.32. The van der Waals surface area contributed by atoms with Crippen molar-refractivity contribution >= 4 is 17.3 Å². The van der Waals surface area contributed by atoms with Gasteiger partial charge < -0.3 is 5.32 Å². The molecule has 0 atom stereocenters. The van der Waals surface area contributed by atoms with Crippen molar-refractivity contribution in [2.75, 3.05) is 5.32 Å². The number of anilines is 1. The molecule has 112 valence electrons. The van der Waals surface area contributed by atoms with Gasteiger partial charge in [0.1, 0.15) is 5.02 Å². The van der Waals surface area contributed by atoms with Crippen LogP contribution in [0.5, 0.6) is 0 Å². The Kier molecular flexibility index (Phi) is 5.46. The van der Waals surface area contributed by atoms with Crippen molar-refractivity contribution in [2.24, 2.45) is 5.92 Å². The van der Waals surface area contributed by atoms with E-state index in [0.29, 0.717) is 18.3 Å². The lowest BCUT2D eigenvalue weighted by atomic mass is 9.87. The van der Waals surface area contributed by atoms with Crippen LogP contribution in [0.25, 0.3) is 0 Å². The summed E-state index contributed by atoms with van der Waals surface area (Å²) < 4.78 is 1.46. The van der Waals surface area contributed by atoms with E-state index >= 15 is 0 Å². The standard InChI is InChI=1S/C15H24ClN3O/c1-3-4-9-19-15(20)14(16)13(10-17-19)18-12-7-5-11(2)6-8-12/h10-12,18H,3-9H2,1-2H3. The molecule has 0 unspecified atom stereocenters. The SMILES string of the molecule is CCCCn1ncc(NC2CCC(C)CC2)c(Cl)c1=O. The maximum atomic E-state index is 12.1. The minimum Gasteiger partial charge on any atom is -0.380 e. The molecule has 1 saturated carbocycles. The Hall–Kier alpha value is -1.03. The van der Waals surface area contributed by atoms with Crippen molar-refractivity contribution in [3.63, 3.8) is 0 Å². The first-order valence-corrected chi connectivity index (χ1v) is 8.01. The van der Waals surface area contributed by atoms with Crippen LogP contribution >= 0.6 is 11.6 Å². The Bertz CT molecular complexity index is 492. The van der Waals surface area contributed by atoms with Crippen LogP contribution < -0.4 is 10.9 Å². The van der Waals surface area contributed by atoms with Crippen LogP contribution in [0, 0.1) is 5.92 Å². The number of nitrogens with one attached hydrogen (secondary N) is 1. The van der Waals surface area contributed by atoms with Gasteiger partial charge in [-0.1, -0.05) is 31.9 Å². The zero-order chi connectivity index (χ0) is 14.5. The zero-order valence-electron chi connectivity index (χ0n) is 12.4. The van der Waals surface area contributed by atoms with Gasteiger partial charge in [0.05, 0.1) is 11.9 Å². The monoisotopic (exact) mass is 297 g/mol. The van der Waals surface area contributed by atoms with Gasteiger partial charge in [-0.3, -0.25) is 4.79 Å². The number of rotatable bonds is 5. The molecule has 1 aromatic rings. The third kappa shape index (κ3) is 3.75. The van der Waals surface area contributed by atoms with Crippen LogP contribution in [-0.2, 0) is 6.54 Å². The molecule has 1 aliphatic rings. The molecule has 4 nitrogen and oxygen atoms in total. The third-order valence-electron chi connectivity index (χ3n) is 4.08. The predicted octanol–water partition coefficient (Wildman–Crippen LogP) is 3.69. The molecule has 0 aromatic carbocycles. The highest BCUT2D eigenvalue weighted by Crippen LogP contribution is 2.27. The van der Waals surface area contributed by atoms with Crippen LogP contribution in [0.3, 0.4) is 0 Å². The number of halogens is 1. The smallest absolute Gasteiger partial charge is 0.287 e. The number of nitrogens with zero attached hydrogens (tertiary/aromatic N) is 2. The van der Waals surface area contributed by atoms with E-state index in [1.165, 1.54) is 17.5 Å². The maximum Gasteiger partial charge on any atom is 0.287 e.